The maximum atomic E-state index is 11.2. The average molecular weight is 201 g/mol. The normalized spacial score (nSPS) is 17.2. The minimum atomic E-state index is -0.906. The van der Waals surface area contributed by atoms with Gasteiger partial charge in [0.15, 0.2) is 0 Å². The Morgan fingerprint density at radius 1 is 1.21 bits per heavy atom. The van der Waals surface area contributed by atoms with E-state index in [2.05, 4.69) is 0 Å². The monoisotopic (exact) mass is 201 g/mol. The summed E-state index contributed by atoms with van der Waals surface area (Å²) in [5, 5.41) is 8.88. The Balaban J connectivity index is 4.29. The van der Waals surface area contributed by atoms with Gasteiger partial charge in [0, 0.05) is 11.8 Å². The van der Waals surface area contributed by atoms with Gasteiger partial charge in [-0.15, -0.1) is 0 Å². The summed E-state index contributed by atoms with van der Waals surface area (Å²) in [6.07, 6.45) is -0.0914. The number of Topliss-reactive ketones (excluding diaryl/α,β-unsaturated/α-hetero) is 2. The van der Waals surface area contributed by atoms with Crippen LogP contribution < -0.4 is 5.73 Å². The lowest BCUT2D eigenvalue weighted by atomic mass is 9.84. The molecule has 0 bridgehead atoms. The van der Waals surface area contributed by atoms with Gasteiger partial charge < -0.3 is 10.8 Å². The Kier molecular flexibility index (Phi) is 5.57. The lowest BCUT2D eigenvalue weighted by molar-refractivity contribution is -0.130. The number of ketones is 2. The minimum absolute atomic E-state index is 0.00305. The van der Waals surface area contributed by atoms with E-state index in [-0.39, 0.29) is 23.4 Å². The maximum Gasteiger partial charge on any atom is 0.133 e. The molecule has 0 spiro atoms. The van der Waals surface area contributed by atoms with Crippen LogP contribution in [0.5, 0.6) is 0 Å². The summed E-state index contributed by atoms with van der Waals surface area (Å²) in [7, 11) is 0. The molecule has 0 saturated carbocycles. The zero-order chi connectivity index (χ0) is 11.3. The van der Waals surface area contributed by atoms with E-state index < -0.39 is 6.23 Å². The van der Waals surface area contributed by atoms with E-state index in [1.54, 1.807) is 6.92 Å². The summed E-state index contributed by atoms with van der Waals surface area (Å²) in [5.41, 5.74) is 5.18. The molecule has 0 rings (SSSR count). The van der Waals surface area contributed by atoms with Crippen molar-refractivity contribution in [2.45, 2.75) is 39.8 Å². The molecule has 0 aliphatic rings. The summed E-state index contributed by atoms with van der Waals surface area (Å²) in [4.78, 5) is 22.3. The van der Waals surface area contributed by atoms with Crippen LogP contribution in [0.15, 0.2) is 0 Å². The van der Waals surface area contributed by atoms with Crippen molar-refractivity contribution in [2.24, 2.45) is 17.6 Å². The molecular weight excluding hydrogens is 182 g/mol. The van der Waals surface area contributed by atoms with Gasteiger partial charge in [-0.25, -0.2) is 0 Å². The van der Waals surface area contributed by atoms with Gasteiger partial charge in [-0.3, -0.25) is 9.59 Å². The molecule has 3 atom stereocenters. The van der Waals surface area contributed by atoms with E-state index in [4.69, 9.17) is 10.8 Å². The van der Waals surface area contributed by atoms with Crippen LogP contribution in [0.3, 0.4) is 0 Å². The standard InChI is InChI=1S/C10H19NO3/c1-6(7(2)12)9(8(3)13)4-5-10(11)14/h6,9-10,14H,4-5,11H2,1-3H3. The van der Waals surface area contributed by atoms with E-state index in [0.29, 0.717) is 12.8 Å². The van der Waals surface area contributed by atoms with E-state index in [0.717, 1.165) is 0 Å². The van der Waals surface area contributed by atoms with E-state index >= 15 is 0 Å². The Labute approximate surface area is 84.5 Å². The second-order valence-electron chi connectivity index (χ2n) is 3.76. The topological polar surface area (TPSA) is 80.4 Å². The molecule has 0 aromatic rings. The highest BCUT2D eigenvalue weighted by Crippen LogP contribution is 2.20. The lowest BCUT2D eigenvalue weighted by Gasteiger charge is -2.19. The maximum absolute atomic E-state index is 11.2. The van der Waals surface area contributed by atoms with Crippen LogP contribution in [0, 0.1) is 11.8 Å². The molecule has 4 heteroatoms. The number of nitrogens with two attached hydrogens (primary N) is 1. The van der Waals surface area contributed by atoms with Crippen LogP contribution in [0.1, 0.15) is 33.6 Å². The molecule has 0 aliphatic heterocycles. The highest BCUT2D eigenvalue weighted by atomic mass is 16.3. The number of rotatable bonds is 6. The minimum Gasteiger partial charge on any atom is -0.379 e. The first kappa shape index (κ1) is 13.3. The molecule has 0 heterocycles. The number of carbonyl (C=O) groups excluding carboxylic acids is 2. The van der Waals surface area contributed by atoms with Crippen LogP contribution >= 0.6 is 0 Å². The van der Waals surface area contributed by atoms with Gasteiger partial charge in [-0.05, 0) is 26.7 Å². The number of aliphatic hydroxyl groups is 1. The summed E-state index contributed by atoms with van der Waals surface area (Å²) < 4.78 is 0. The molecule has 0 aliphatic carbocycles. The van der Waals surface area contributed by atoms with E-state index in [1.165, 1.54) is 13.8 Å². The van der Waals surface area contributed by atoms with Crippen molar-refractivity contribution in [3.05, 3.63) is 0 Å². The highest BCUT2D eigenvalue weighted by Gasteiger charge is 2.25. The molecule has 0 amide bonds. The Hall–Kier alpha value is -0.740. The van der Waals surface area contributed by atoms with Crippen LogP contribution in [-0.4, -0.2) is 22.9 Å². The number of hydrogen-bond donors (Lipinski definition) is 2. The molecule has 0 radical (unpaired) electrons. The highest BCUT2D eigenvalue weighted by molar-refractivity contribution is 5.87. The third-order valence-electron chi connectivity index (χ3n) is 2.54. The van der Waals surface area contributed by atoms with Crippen LogP contribution in [0.4, 0.5) is 0 Å². The third-order valence-corrected chi connectivity index (χ3v) is 2.54. The number of carbonyl (C=O) groups is 2. The van der Waals surface area contributed by atoms with Gasteiger partial charge in [0.25, 0.3) is 0 Å². The first-order valence-electron chi connectivity index (χ1n) is 4.80. The fraction of sp³-hybridized carbons (Fsp3) is 0.800. The van der Waals surface area contributed by atoms with Crippen molar-refractivity contribution in [1.82, 2.24) is 0 Å². The van der Waals surface area contributed by atoms with Gasteiger partial charge >= 0.3 is 0 Å². The quantitative estimate of drug-likeness (QED) is 0.612. The summed E-state index contributed by atoms with van der Waals surface area (Å²) in [6, 6.07) is 0. The molecule has 14 heavy (non-hydrogen) atoms. The fourth-order valence-corrected chi connectivity index (χ4v) is 1.44. The number of aliphatic hydroxyl groups excluding tert-OH is 1. The van der Waals surface area contributed by atoms with Gasteiger partial charge in [0.05, 0.1) is 0 Å². The summed E-state index contributed by atoms with van der Waals surface area (Å²) in [6.45, 7) is 4.67. The van der Waals surface area contributed by atoms with Gasteiger partial charge in [-0.2, -0.15) is 0 Å². The lowest BCUT2D eigenvalue weighted by Crippen LogP contribution is -2.28. The van der Waals surface area contributed by atoms with Crippen molar-refractivity contribution < 1.29 is 14.7 Å². The van der Waals surface area contributed by atoms with Crippen molar-refractivity contribution in [1.29, 1.82) is 0 Å². The Bertz CT molecular complexity index is 213. The second-order valence-corrected chi connectivity index (χ2v) is 3.76. The Morgan fingerprint density at radius 2 is 1.71 bits per heavy atom. The molecule has 0 saturated heterocycles. The zero-order valence-electron chi connectivity index (χ0n) is 8.99. The predicted octanol–water partition coefficient (Wildman–Crippen LogP) is 0.474. The first-order chi connectivity index (χ1) is 6.36. The summed E-state index contributed by atoms with van der Waals surface area (Å²) in [5.74, 6) is -0.623. The predicted molar refractivity (Wildman–Crippen MR) is 53.4 cm³/mol. The second kappa shape index (κ2) is 5.88. The van der Waals surface area contributed by atoms with E-state index in [1.807, 2.05) is 0 Å². The third kappa shape index (κ3) is 4.48. The first-order valence-corrected chi connectivity index (χ1v) is 4.80. The molecule has 0 fully saturated rings. The van der Waals surface area contributed by atoms with Gasteiger partial charge in [0.2, 0.25) is 0 Å². The Morgan fingerprint density at radius 3 is 2.00 bits per heavy atom. The molecule has 4 nitrogen and oxygen atoms in total. The zero-order valence-corrected chi connectivity index (χ0v) is 8.99. The average Bonchev–Trinajstić information content (AvgIpc) is 2.02. The number of hydrogen-bond acceptors (Lipinski definition) is 4. The largest absolute Gasteiger partial charge is 0.379 e. The van der Waals surface area contributed by atoms with Crippen molar-refractivity contribution >= 4 is 11.6 Å². The molecule has 3 unspecified atom stereocenters. The van der Waals surface area contributed by atoms with Crippen LogP contribution in [-0.2, 0) is 9.59 Å². The molecule has 82 valence electrons. The molecule has 0 aromatic carbocycles. The van der Waals surface area contributed by atoms with Crippen LogP contribution in [0.25, 0.3) is 0 Å². The van der Waals surface area contributed by atoms with Crippen molar-refractivity contribution in [2.75, 3.05) is 0 Å². The van der Waals surface area contributed by atoms with Gasteiger partial charge in [0.1, 0.15) is 17.8 Å². The SMILES string of the molecule is CC(=O)C(C)C(CCC(N)O)C(C)=O. The van der Waals surface area contributed by atoms with E-state index in [9.17, 15) is 9.59 Å². The fourth-order valence-electron chi connectivity index (χ4n) is 1.44. The molecule has 3 N–H and O–H groups in total. The van der Waals surface area contributed by atoms with Crippen molar-refractivity contribution in [3.63, 3.8) is 0 Å². The van der Waals surface area contributed by atoms with Crippen molar-refractivity contribution in [3.8, 4) is 0 Å². The smallest absolute Gasteiger partial charge is 0.133 e. The van der Waals surface area contributed by atoms with Gasteiger partial charge in [-0.1, -0.05) is 6.92 Å². The molecular formula is C10H19NO3. The van der Waals surface area contributed by atoms with Crippen LogP contribution in [0.2, 0.25) is 0 Å². The molecule has 0 aromatic heterocycles. The summed E-state index contributed by atoms with van der Waals surface area (Å²) >= 11 is 0.